The van der Waals surface area contributed by atoms with Gasteiger partial charge in [-0.05, 0) is 35.7 Å². The van der Waals surface area contributed by atoms with Crippen LogP contribution in [0.25, 0.3) is 0 Å². The fourth-order valence-electron chi connectivity index (χ4n) is 2.69. The Morgan fingerprint density at radius 3 is 2.90 bits per heavy atom. The van der Waals surface area contributed by atoms with Crippen LogP contribution in [0.2, 0.25) is 0 Å². The van der Waals surface area contributed by atoms with Crippen LogP contribution in [0.5, 0.6) is 0 Å². The van der Waals surface area contributed by atoms with Gasteiger partial charge in [0, 0.05) is 10.5 Å². The first-order valence-electron chi connectivity index (χ1n) is 6.91. The minimum Gasteiger partial charge on any atom is -0.375 e. The van der Waals surface area contributed by atoms with E-state index in [4.69, 9.17) is 4.74 Å². The molecule has 0 spiro atoms. The van der Waals surface area contributed by atoms with Crippen LogP contribution in [0, 0.1) is 0 Å². The van der Waals surface area contributed by atoms with Gasteiger partial charge in [0.15, 0.2) is 0 Å². The summed E-state index contributed by atoms with van der Waals surface area (Å²) in [5, 5.41) is 3.67. The molecule has 104 valence electrons. The van der Waals surface area contributed by atoms with Crippen molar-refractivity contribution in [2.75, 3.05) is 6.61 Å². The molecule has 1 heterocycles. The molecule has 0 aromatic heterocycles. The summed E-state index contributed by atoms with van der Waals surface area (Å²) >= 11 is 3.53. The van der Waals surface area contributed by atoms with Gasteiger partial charge in [-0.2, -0.15) is 0 Å². The average molecular weight is 332 g/mol. The van der Waals surface area contributed by atoms with Gasteiger partial charge in [-0.1, -0.05) is 52.3 Å². The molecule has 20 heavy (non-hydrogen) atoms. The third-order valence-electron chi connectivity index (χ3n) is 3.77. The molecule has 0 fully saturated rings. The molecule has 0 saturated carbocycles. The Labute approximate surface area is 128 Å². The van der Waals surface area contributed by atoms with Crippen molar-refractivity contribution in [2.24, 2.45) is 0 Å². The minimum atomic E-state index is 0.258. The van der Waals surface area contributed by atoms with Gasteiger partial charge < -0.3 is 10.1 Å². The van der Waals surface area contributed by atoms with Crippen LogP contribution in [-0.4, -0.2) is 6.61 Å². The lowest BCUT2D eigenvalue weighted by Gasteiger charge is -2.29. The number of benzene rings is 2. The summed E-state index contributed by atoms with van der Waals surface area (Å²) in [7, 11) is 0. The number of hydrogen-bond acceptors (Lipinski definition) is 2. The molecule has 2 aromatic carbocycles. The van der Waals surface area contributed by atoms with Crippen LogP contribution in [0.15, 0.2) is 53.0 Å². The van der Waals surface area contributed by atoms with E-state index in [2.05, 4.69) is 76.7 Å². The first-order valence-corrected chi connectivity index (χ1v) is 7.70. The van der Waals surface area contributed by atoms with Gasteiger partial charge in [-0.15, -0.1) is 0 Å². The predicted octanol–water partition coefficient (Wildman–Crippen LogP) is 4.37. The highest BCUT2D eigenvalue weighted by molar-refractivity contribution is 9.10. The molecule has 3 heteroatoms. The quantitative estimate of drug-likeness (QED) is 0.901. The van der Waals surface area contributed by atoms with Crippen molar-refractivity contribution >= 4 is 15.9 Å². The van der Waals surface area contributed by atoms with E-state index in [0.717, 1.165) is 17.7 Å². The average Bonchev–Trinajstić information content (AvgIpc) is 2.47. The van der Waals surface area contributed by atoms with Crippen LogP contribution in [0.4, 0.5) is 0 Å². The van der Waals surface area contributed by atoms with Crippen LogP contribution < -0.4 is 5.32 Å². The molecule has 0 radical (unpaired) electrons. The summed E-state index contributed by atoms with van der Waals surface area (Å²) in [6.07, 6.45) is 0. The van der Waals surface area contributed by atoms with Crippen molar-refractivity contribution in [1.29, 1.82) is 0 Å². The summed E-state index contributed by atoms with van der Waals surface area (Å²) in [5.74, 6) is 0. The highest BCUT2D eigenvalue weighted by atomic mass is 79.9. The van der Waals surface area contributed by atoms with Crippen LogP contribution >= 0.6 is 15.9 Å². The van der Waals surface area contributed by atoms with E-state index < -0.39 is 0 Å². The smallest absolute Gasteiger partial charge is 0.0721 e. The topological polar surface area (TPSA) is 21.3 Å². The Hall–Kier alpha value is -1.16. The molecule has 0 aliphatic carbocycles. The summed E-state index contributed by atoms with van der Waals surface area (Å²) in [6, 6.07) is 17.5. The Balaban J connectivity index is 1.79. The zero-order valence-electron chi connectivity index (χ0n) is 11.5. The zero-order chi connectivity index (χ0) is 13.9. The zero-order valence-corrected chi connectivity index (χ0v) is 13.1. The summed E-state index contributed by atoms with van der Waals surface area (Å²) in [5.41, 5.74) is 3.93. The Bertz CT molecular complexity index is 599. The van der Waals surface area contributed by atoms with Crippen molar-refractivity contribution in [3.8, 4) is 0 Å². The van der Waals surface area contributed by atoms with Gasteiger partial charge in [-0.3, -0.25) is 0 Å². The molecule has 0 saturated heterocycles. The third-order valence-corrected chi connectivity index (χ3v) is 4.27. The molecule has 2 aromatic rings. The second-order valence-corrected chi connectivity index (χ2v) is 6.13. The van der Waals surface area contributed by atoms with E-state index in [1.54, 1.807) is 0 Å². The maximum atomic E-state index is 5.70. The number of halogens is 1. The number of nitrogens with one attached hydrogen (secondary N) is 1. The molecule has 2 nitrogen and oxygen atoms in total. The molecule has 1 unspecified atom stereocenters. The van der Waals surface area contributed by atoms with E-state index in [0.29, 0.717) is 0 Å². The van der Waals surface area contributed by atoms with E-state index in [9.17, 15) is 0 Å². The minimum absolute atomic E-state index is 0.258. The Morgan fingerprint density at radius 2 is 2.05 bits per heavy atom. The SMILES string of the molecule is C[C@@H](NC1COCc2ccccc21)c1cccc(Br)c1. The van der Waals surface area contributed by atoms with Gasteiger partial charge in [0.25, 0.3) is 0 Å². The number of fused-ring (bicyclic) bond motifs is 1. The van der Waals surface area contributed by atoms with Crippen LogP contribution in [0.1, 0.15) is 35.7 Å². The van der Waals surface area contributed by atoms with Crippen molar-refractivity contribution < 1.29 is 4.74 Å². The van der Waals surface area contributed by atoms with Crippen molar-refractivity contribution in [3.05, 3.63) is 69.7 Å². The van der Waals surface area contributed by atoms with Crippen LogP contribution in [0.3, 0.4) is 0 Å². The summed E-state index contributed by atoms with van der Waals surface area (Å²) in [6.45, 7) is 3.65. The molecule has 0 amide bonds. The maximum Gasteiger partial charge on any atom is 0.0721 e. The molecule has 2 atom stereocenters. The Kier molecular flexibility index (Phi) is 4.20. The van der Waals surface area contributed by atoms with Gasteiger partial charge in [-0.25, -0.2) is 0 Å². The summed E-state index contributed by atoms with van der Waals surface area (Å²) < 4.78 is 6.81. The highest BCUT2D eigenvalue weighted by Crippen LogP contribution is 2.27. The molecule has 1 N–H and O–H groups in total. The van der Waals surface area contributed by atoms with Crippen molar-refractivity contribution in [3.63, 3.8) is 0 Å². The monoisotopic (exact) mass is 331 g/mol. The molecular weight excluding hydrogens is 314 g/mol. The van der Waals surface area contributed by atoms with E-state index >= 15 is 0 Å². The second-order valence-electron chi connectivity index (χ2n) is 5.21. The van der Waals surface area contributed by atoms with E-state index in [-0.39, 0.29) is 12.1 Å². The first-order chi connectivity index (χ1) is 9.74. The lowest BCUT2D eigenvalue weighted by Crippen LogP contribution is -2.31. The van der Waals surface area contributed by atoms with Crippen LogP contribution in [-0.2, 0) is 11.3 Å². The maximum absolute atomic E-state index is 5.70. The molecule has 0 bridgehead atoms. The van der Waals surface area contributed by atoms with Gasteiger partial charge >= 0.3 is 0 Å². The van der Waals surface area contributed by atoms with E-state index in [1.165, 1.54) is 16.7 Å². The van der Waals surface area contributed by atoms with Crippen molar-refractivity contribution in [2.45, 2.75) is 25.6 Å². The predicted molar refractivity (Wildman–Crippen MR) is 84.5 cm³/mol. The lowest BCUT2D eigenvalue weighted by atomic mass is 9.97. The summed E-state index contributed by atoms with van der Waals surface area (Å²) in [4.78, 5) is 0. The lowest BCUT2D eigenvalue weighted by molar-refractivity contribution is 0.0791. The molecule has 1 aliphatic rings. The van der Waals surface area contributed by atoms with E-state index in [1.807, 2.05) is 0 Å². The van der Waals surface area contributed by atoms with Gasteiger partial charge in [0.2, 0.25) is 0 Å². The normalized spacial score (nSPS) is 19.4. The third kappa shape index (κ3) is 2.95. The first kappa shape index (κ1) is 13.8. The number of rotatable bonds is 3. The Morgan fingerprint density at radius 1 is 1.20 bits per heavy atom. The largest absolute Gasteiger partial charge is 0.375 e. The molecule has 3 rings (SSSR count). The molecular formula is C17H18BrNO. The van der Waals surface area contributed by atoms with Gasteiger partial charge in [0.05, 0.1) is 19.3 Å². The highest BCUT2D eigenvalue weighted by Gasteiger charge is 2.22. The number of ether oxygens (including phenoxy) is 1. The molecule has 1 aliphatic heterocycles. The fraction of sp³-hybridized carbons (Fsp3) is 0.294. The van der Waals surface area contributed by atoms with Gasteiger partial charge in [0.1, 0.15) is 0 Å². The fourth-order valence-corrected chi connectivity index (χ4v) is 3.11. The van der Waals surface area contributed by atoms with Crippen molar-refractivity contribution in [1.82, 2.24) is 5.32 Å². The standard InChI is InChI=1S/C17H18BrNO/c1-12(13-6-4-7-15(18)9-13)19-17-11-20-10-14-5-2-3-8-16(14)17/h2-9,12,17,19H,10-11H2,1H3/t12-,17?/m1/s1. The number of hydrogen-bond donors (Lipinski definition) is 1. The second kappa shape index (κ2) is 6.08.